The zero-order valence-electron chi connectivity index (χ0n) is 15.8. The van der Waals surface area contributed by atoms with Gasteiger partial charge in [0, 0.05) is 26.7 Å². The number of aliphatic imine (C=N–C) groups is 1. The van der Waals surface area contributed by atoms with Gasteiger partial charge in [0.15, 0.2) is 5.96 Å². The topological polar surface area (TPSA) is 74.8 Å². The van der Waals surface area contributed by atoms with Gasteiger partial charge in [-0.15, -0.1) is 24.0 Å². The van der Waals surface area contributed by atoms with Gasteiger partial charge in [-0.3, -0.25) is 4.99 Å². The molecule has 0 aliphatic heterocycles. The van der Waals surface area contributed by atoms with E-state index in [-0.39, 0.29) is 30.1 Å². The van der Waals surface area contributed by atoms with Crippen molar-refractivity contribution in [1.82, 2.24) is 16.0 Å². The van der Waals surface area contributed by atoms with Crippen molar-refractivity contribution in [2.45, 2.75) is 46.3 Å². The van der Waals surface area contributed by atoms with Crippen LogP contribution in [0.5, 0.6) is 0 Å². The van der Waals surface area contributed by atoms with Gasteiger partial charge >= 0.3 is 6.09 Å². The first-order valence-corrected chi connectivity index (χ1v) is 8.27. The second-order valence-electron chi connectivity index (χ2n) is 6.62. The number of carbonyl (C=O) groups excluding carboxylic acids is 1. The molecule has 0 saturated carbocycles. The minimum atomic E-state index is -0.468. The van der Waals surface area contributed by atoms with Gasteiger partial charge in [0.05, 0.1) is 0 Å². The van der Waals surface area contributed by atoms with Gasteiger partial charge in [-0.2, -0.15) is 0 Å². The molecule has 0 bridgehead atoms. The lowest BCUT2D eigenvalue weighted by Gasteiger charge is -2.19. The first-order valence-electron chi connectivity index (χ1n) is 8.27. The Hall–Kier alpha value is -1.51. The molecule has 0 unspecified atom stereocenters. The standard InChI is InChI=1S/C18H30N4O2.HI/c1-14-7-9-15(10-8-14)13-22-16(19-5)20-11-6-12-21-17(23)24-18(2,3)4;/h7-10H,6,11-13H2,1-5H3,(H,21,23)(H2,19,20,22);1H. The molecule has 0 heterocycles. The van der Waals surface area contributed by atoms with Gasteiger partial charge < -0.3 is 20.7 Å². The number of amides is 1. The number of ether oxygens (including phenoxy) is 1. The van der Waals surface area contributed by atoms with Crippen molar-refractivity contribution >= 4 is 36.0 Å². The Morgan fingerprint density at radius 1 is 1.08 bits per heavy atom. The molecule has 0 saturated heterocycles. The summed E-state index contributed by atoms with van der Waals surface area (Å²) in [4.78, 5) is 15.7. The molecule has 25 heavy (non-hydrogen) atoms. The second kappa shape index (κ2) is 11.9. The molecule has 1 rings (SSSR count). The highest BCUT2D eigenvalue weighted by molar-refractivity contribution is 14.0. The van der Waals surface area contributed by atoms with Crippen molar-refractivity contribution in [3.8, 4) is 0 Å². The van der Waals surface area contributed by atoms with E-state index >= 15 is 0 Å². The average Bonchev–Trinajstić information content (AvgIpc) is 2.50. The molecule has 0 fully saturated rings. The van der Waals surface area contributed by atoms with E-state index in [0.29, 0.717) is 13.1 Å². The zero-order valence-corrected chi connectivity index (χ0v) is 18.1. The summed E-state index contributed by atoms with van der Waals surface area (Å²) in [7, 11) is 1.74. The smallest absolute Gasteiger partial charge is 0.407 e. The Morgan fingerprint density at radius 3 is 2.24 bits per heavy atom. The molecule has 7 heteroatoms. The van der Waals surface area contributed by atoms with Crippen molar-refractivity contribution in [2.75, 3.05) is 20.1 Å². The zero-order chi connectivity index (χ0) is 18.0. The van der Waals surface area contributed by atoms with Gasteiger partial charge in [0.25, 0.3) is 0 Å². The molecule has 142 valence electrons. The number of hydrogen-bond donors (Lipinski definition) is 3. The van der Waals surface area contributed by atoms with Crippen LogP contribution in [-0.4, -0.2) is 37.8 Å². The fourth-order valence-electron chi connectivity index (χ4n) is 1.91. The molecular weight excluding hydrogens is 431 g/mol. The van der Waals surface area contributed by atoms with Gasteiger partial charge in [0.2, 0.25) is 0 Å². The maximum Gasteiger partial charge on any atom is 0.407 e. The number of guanidine groups is 1. The van der Waals surface area contributed by atoms with E-state index in [9.17, 15) is 4.79 Å². The second-order valence-corrected chi connectivity index (χ2v) is 6.62. The molecule has 6 nitrogen and oxygen atoms in total. The quantitative estimate of drug-likeness (QED) is 0.263. The maximum absolute atomic E-state index is 11.5. The van der Waals surface area contributed by atoms with Crippen LogP contribution in [0.4, 0.5) is 4.79 Å². The summed E-state index contributed by atoms with van der Waals surface area (Å²) in [6, 6.07) is 8.38. The molecular formula is C18H31IN4O2. The Kier molecular flexibility index (Phi) is 11.2. The van der Waals surface area contributed by atoms with Crippen LogP contribution in [0.1, 0.15) is 38.3 Å². The van der Waals surface area contributed by atoms with Crippen molar-refractivity contribution in [3.05, 3.63) is 35.4 Å². The monoisotopic (exact) mass is 462 g/mol. The molecule has 0 spiro atoms. The van der Waals surface area contributed by atoms with Crippen LogP contribution in [0, 0.1) is 6.92 Å². The Labute approximate surface area is 168 Å². The highest BCUT2D eigenvalue weighted by atomic mass is 127. The first-order chi connectivity index (χ1) is 11.3. The van der Waals surface area contributed by atoms with Crippen LogP contribution in [0.25, 0.3) is 0 Å². The third-order valence-electron chi connectivity index (χ3n) is 3.12. The highest BCUT2D eigenvalue weighted by Gasteiger charge is 2.15. The van der Waals surface area contributed by atoms with Gasteiger partial charge in [-0.25, -0.2) is 4.79 Å². The third kappa shape index (κ3) is 11.6. The number of nitrogens with one attached hydrogen (secondary N) is 3. The van der Waals surface area contributed by atoms with Crippen molar-refractivity contribution in [3.63, 3.8) is 0 Å². The van der Waals surface area contributed by atoms with E-state index in [1.165, 1.54) is 11.1 Å². The fourth-order valence-corrected chi connectivity index (χ4v) is 1.91. The summed E-state index contributed by atoms with van der Waals surface area (Å²) in [5.41, 5.74) is 1.98. The van der Waals surface area contributed by atoms with E-state index in [1.54, 1.807) is 7.05 Å². The molecule has 0 aliphatic carbocycles. The van der Waals surface area contributed by atoms with Crippen LogP contribution in [0.2, 0.25) is 0 Å². The van der Waals surface area contributed by atoms with Crippen molar-refractivity contribution in [2.24, 2.45) is 4.99 Å². The van der Waals surface area contributed by atoms with Crippen LogP contribution < -0.4 is 16.0 Å². The van der Waals surface area contributed by atoms with Crippen LogP contribution in [0.3, 0.4) is 0 Å². The number of nitrogens with zero attached hydrogens (tertiary/aromatic N) is 1. The lowest BCUT2D eigenvalue weighted by molar-refractivity contribution is 0.0527. The largest absolute Gasteiger partial charge is 0.444 e. The molecule has 0 atom stereocenters. The predicted molar refractivity (Wildman–Crippen MR) is 114 cm³/mol. The van der Waals surface area contributed by atoms with E-state index in [0.717, 1.165) is 18.9 Å². The Balaban J connectivity index is 0.00000576. The highest BCUT2D eigenvalue weighted by Crippen LogP contribution is 2.06. The SMILES string of the molecule is CN=C(NCCCNC(=O)OC(C)(C)C)NCc1ccc(C)cc1.I. The van der Waals surface area contributed by atoms with Gasteiger partial charge in [-0.1, -0.05) is 29.8 Å². The summed E-state index contributed by atoms with van der Waals surface area (Å²) in [5, 5.41) is 9.22. The fraction of sp³-hybridized carbons (Fsp3) is 0.556. The number of rotatable bonds is 6. The summed E-state index contributed by atoms with van der Waals surface area (Å²) >= 11 is 0. The predicted octanol–water partition coefficient (Wildman–Crippen LogP) is 3.19. The Morgan fingerprint density at radius 2 is 1.68 bits per heavy atom. The number of alkyl carbamates (subject to hydrolysis) is 1. The number of aryl methyl sites for hydroxylation is 1. The normalized spacial score (nSPS) is 11.3. The average molecular weight is 462 g/mol. The third-order valence-corrected chi connectivity index (χ3v) is 3.12. The van der Waals surface area contributed by atoms with Crippen LogP contribution >= 0.6 is 24.0 Å². The molecule has 3 N–H and O–H groups in total. The maximum atomic E-state index is 11.5. The molecule has 0 radical (unpaired) electrons. The number of halogens is 1. The summed E-state index contributed by atoms with van der Waals surface area (Å²) in [5.74, 6) is 0.743. The number of hydrogen-bond acceptors (Lipinski definition) is 3. The first kappa shape index (κ1) is 23.5. The molecule has 1 aromatic carbocycles. The van der Waals surface area contributed by atoms with E-state index < -0.39 is 5.60 Å². The van der Waals surface area contributed by atoms with E-state index in [2.05, 4.69) is 52.1 Å². The molecule has 1 amide bonds. The van der Waals surface area contributed by atoms with Crippen LogP contribution in [-0.2, 0) is 11.3 Å². The molecule has 1 aromatic rings. The van der Waals surface area contributed by atoms with Crippen molar-refractivity contribution in [1.29, 1.82) is 0 Å². The molecule has 0 aliphatic rings. The van der Waals surface area contributed by atoms with E-state index in [4.69, 9.17) is 4.74 Å². The summed E-state index contributed by atoms with van der Waals surface area (Å²) < 4.78 is 5.18. The van der Waals surface area contributed by atoms with Gasteiger partial charge in [-0.05, 0) is 39.7 Å². The van der Waals surface area contributed by atoms with Crippen LogP contribution in [0.15, 0.2) is 29.3 Å². The summed E-state index contributed by atoms with van der Waals surface area (Å²) in [6.45, 7) is 9.59. The van der Waals surface area contributed by atoms with Gasteiger partial charge in [0.1, 0.15) is 5.60 Å². The minimum Gasteiger partial charge on any atom is -0.444 e. The number of carbonyl (C=O) groups is 1. The van der Waals surface area contributed by atoms with Crippen molar-refractivity contribution < 1.29 is 9.53 Å². The summed E-state index contributed by atoms with van der Waals surface area (Å²) in [6.07, 6.45) is 0.397. The molecule has 0 aromatic heterocycles. The number of benzene rings is 1. The lowest BCUT2D eigenvalue weighted by Crippen LogP contribution is -2.39. The minimum absolute atomic E-state index is 0. The van der Waals surface area contributed by atoms with E-state index in [1.807, 2.05) is 20.8 Å². The Bertz CT molecular complexity index is 539. The lowest BCUT2D eigenvalue weighted by atomic mass is 10.1.